The Morgan fingerprint density at radius 2 is 1.75 bits per heavy atom. The van der Waals surface area contributed by atoms with E-state index in [0.717, 1.165) is 21.7 Å². The molecule has 0 aliphatic carbocycles. The number of benzene rings is 2. The molecule has 4 N–H and O–H groups in total. The Labute approximate surface area is 186 Å². The Morgan fingerprint density at radius 1 is 1.03 bits per heavy atom. The number of hydrogen-bond acceptors (Lipinski definition) is 7. The normalized spacial score (nSPS) is 18.0. The number of nitrogen functional groups attached to an aromatic ring is 1. The molecule has 1 unspecified atom stereocenters. The number of urea groups is 1. The van der Waals surface area contributed by atoms with E-state index in [1.165, 1.54) is 0 Å². The van der Waals surface area contributed by atoms with E-state index in [0.29, 0.717) is 12.8 Å². The molecule has 0 saturated carbocycles. The predicted octanol–water partition coefficient (Wildman–Crippen LogP) is 2.95. The average Bonchev–Trinajstić information content (AvgIpc) is 2.98. The van der Waals surface area contributed by atoms with Gasteiger partial charge in [0, 0.05) is 5.69 Å². The van der Waals surface area contributed by atoms with Crippen LogP contribution >= 0.6 is 0 Å². The molecule has 1 fully saturated rings. The number of imide groups is 1. The van der Waals surface area contributed by atoms with Gasteiger partial charge in [-0.05, 0) is 43.9 Å². The lowest BCUT2D eigenvalue weighted by Crippen LogP contribution is -2.44. The molecular weight excluding hydrogens is 406 g/mol. The van der Waals surface area contributed by atoms with Crippen molar-refractivity contribution in [3.63, 3.8) is 0 Å². The third-order valence-corrected chi connectivity index (χ3v) is 5.49. The molecule has 0 bridgehead atoms. The molecule has 1 aromatic heterocycles. The number of carbonyl (C=O) groups is 2. The first-order chi connectivity index (χ1) is 15.3. The Hall–Kier alpha value is -4.01. The molecule has 1 saturated heterocycles. The van der Waals surface area contributed by atoms with E-state index < -0.39 is 11.6 Å². The van der Waals surface area contributed by atoms with Gasteiger partial charge in [0.15, 0.2) is 5.82 Å². The Balaban J connectivity index is 1.48. The summed E-state index contributed by atoms with van der Waals surface area (Å²) in [6.07, 6.45) is 1.15. The molecule has 9 heteroatoms. The first-order valence-electron chi connectivity index (χ1n) is 10.4. The van der Waals surface area contributed by atoms with E-state index in [4.69, 9.17) is 5.73 Å². The van der Waals surface area contributed by atoms with Gasteiger partial charge in [0.2, 0.25) is 11.9 Å². The standard InChI is InChI=1S/C23H25N7O2/c1-15-8-6-7-11-17(15)25-21-27-18(26-20(24)28-21)14-30-19(31)23(2,29-22(30)32)13-12-16-9-4-3-5-10-16/h3-11H,12-14H2,1-2H3,(H,29,32)(H3,24,25,26,27,28). The molecule has 3 amide bonds. The molecule has 2 heterocycles. The van der Waals surface area contributed by atoms with Gasteiger partial charge in [-0.25, -0.2) is 4.79 Å². The zero-order valence-corrected chi connectivity index (χ0v) is 18.0. The van der Waals surface area contributed by atoms with Crippen molar-refractivity contribution in [3.8, 4) is 0 Å². The van der Waals surface area contributed by atoms with Crippen molar-refractivity contribution in [3.05, 3.63) is 71.5 Å². The third kappa shape index (κ3) is 4.51. The quantitative estimate of drug-likeness (QED) is 0.491. The summed E-state index contributed by atoms with van der Waals surface area (Å²) in [5, 5.41) is 5.93. The molecule has 1 aliphatic heterocycles. The Morgan fingerprint density at radius 3 is 2.50 bits per heavy atom. The number of para-hydroxylation sites is 1. The molecule has 0 radical (unpaired) electrons. The van der Waals surface area contributed by atoms with Crippen LogP contribution in [0.2, 0.25) is 0 Å². The van der Waals surface area contributed by atoms with Crippen LogP contribution in [0, 0.1) is 6.92 Å². The summed E-state index contributed by atoms with van der Waals surface area (Å²) in [5.74, 6) is 0.167. The lowest BCUT2D eigenvalue weighted by atomic mass is 9.93. The second-order valence-electron chi connectivity index (χ2n) is 8.01. The highest BCUT2D eigenvalue weighted by molar-refractivity contribution is 6.06. The minimum absolute atomic E-state index is 0.00461. The van der Waals surface area contributed by atoms with Crippen molar-refractivity contribution < 1.29 is 9.59 Å². The molecule has 1 aliphatic rings. The number of aryl methyl sites for hydroxylation is 2. The summed E-state index contributed by atoms with van der Waals surface area (Å²) < 4.78 is 0. The topological polar surface area (TPSA) is 126 Å². The van der Waals surface area contributed by atoms with Gasteiger partial charge in [0.05, 0.1) is 6.54 Å². The first kappa shape index (κ1) is 21.2. The van der Waals surface area contributed by atoms with Crippen LogP contribution in [0.4, 0.5) is 22.4 Å². The maximum Gasteiger partial charge on any atom is 0.325 e. The molecule has 9 nitrogen and oxygen atoms in total. The van der Waals surface area contributed by atoms with Crippen LogP contribution in [-0.4, -0.2) is 37.3 Å². The smallest absolute Gasteiger partial charge is 0.325 e. The van der Waals surface area contributed by atoms with Gasteiger partial charge in [0.1, 0.15) is 5.54 Å². The highest BCUT2D eigenvalue weighted by Gasteiger charge is 2.47. The lowest BCUT2D eigenvalue weighted by Gasteiger charge is -2.21. The van der Waals surface area contributed by atoms with Crippen molar-refractivity contribution in [2.45, 2.75) is 38.8 Å². The summed E-state index contributed by atoms with van der Waals surface area (Å²) in [6.45, 7) is 3.60. The van der Waals surface area contributed by atoms with Crippen LogP contribution in [0.1, 0.15) is 30.3 Å². The number of hydrogen-bond donors (Lipinski definition) is 3. The monoisotopic (exact) mass is 431 g/mol. The fraction of sp³-hybridized carbons (Fsp3) is 0.261. The number of amides is 3. The fourth-order valence-corrected chi connectivity index (χ4v) is 3.64. The van der Waals surface area contributed by atoms with E-state index >= 15 is 0 Å². The van der Waals surface area contributed by atoms with E-state index in [1.807, 2.05) is 61.5 Å². The molecule has 0 spiro atoms. The minimum Gasteiger partial charge on any atom is -0.368 e. The number of nitrogens with zero attached hydrogens (tertiary/aromatic N) is 4. The summed E-state index contributed by atoms with van der Waals surface area (Å²) >= 11 is 0. The number of nitrogens with one attached hydrogen (secondary N) is 2. The predicted molar refractivity (Wildman–Crippen MR) is 121 cm³/mol. The molecule has 164 valence electrons. The van der Waals surface area contributed by atoms with Gasteiger partial charge < -0.3 is 16.4 Å². The zero-order valence-electron chi connectivity index (χ0n) is 18.0. The highest BCUT2D eigenvalue weighted by atomic mass is 16.2. The van der Waals surface area contributed by atoms with E-state index in [1.54, 1.807) is 6.92 Å². The van der Waals surface area contributed by atoms with Crippen molar-refractivity contribution in [1.82, 2.24) is 25.2 Å². The summed E-state index contributed by atoms with van der Waals surface area (Å²) in [5.41, 5.74) is 7.80. The van der Waals surface area contributed by atoms with Crippen molar-refractivity contribution in [2.24, 2.45) is 0 Å². The van der Waals surface area contributed by atoms with Gasteiger partial charge in [-0.1, -0.05) is 48.5 Å². The van der Waals surface area contributed by atoms with Crippen LogP contribution in [0.15, 0.2) is 54.6 Å². The second kappa shape index (κ2) is 8.62. The maximum atomic E-state index is 13.1. The number of aromatic nitrogens is 3. The number of carbonyl (C=O) groups excluding carboxylic acids is 2. The van der Waals surface area contributed by atoms with Crippen molar-refractivity contribution in [2.75, 3.05) is 11.1 Å². The number of rotatable bonds is 7. The van der Waals surface area contributed by atoms with Crippen LogP contribution in [0.25, 0.3) is 0 Å². The molecule has 2 aromatic carbocycles. The van der Waals surface area contributed by atoms with Crippen molar-refractivity contribution in [1.29, 1.82) is 0 Å². The summed E-state index contributed by atoms with van der Waals surface area (Å²) in [7, 11) is 0. The van der Waals surface area contributed by atoms with Crippen LogP contribution in [-0.2, 0) is 17.8 Å². The summed E-state index contributed by atoms with van der Waals surface area (Å²) in [4.78, 5) is 39.4. The third-order valence-electron chi connectivity index (χ3n) is 5.49. The van der Waals surface area contributed by atoms with E-state index in [2.05, 4.69) is 25.6 Å². The van der Waals surface area contributed by atoms with Crippen molar-refractivity contribution >= 4 is 29.5 Å². The van der Waals surface area contributed by atoms with Gasteiger partial charge in [-0.2, -0.15) is 15.0 Å². The molecule has 32 heavy (non-hydrogen) atoms. The van der Waals surface area contributed by atoms with E-state index in [-0.39, 0.29) is 30.2 Å². The number of anilines is 3. The van der Waals surface area contributed by atoms with Gasteiger partial charge in [0.25, 0.3) is 5.91 Å². The van der Waals surface area contributed by atoms with Crippen LogP contribution in [0.3, 0.4) is 0 Å². The highest BCUT2D eigenvalue weighted by Crippen LogP contribution is 2.25. The SMILES string of the molecule is Cc1ccccc1Nc1nc(N)nc(CN2C(=O)NC(C)(CCc3ccccc3)C2=O)n1. The second-order valence-corrected chi connectivity index (χ2v) is 8.01. The van der Waals surface area contributed by atoms with E-state index in [9.17, 15) is 9.59 Å². The summed E-state index contributed by atoms with van der Waals surface area (Å²) in [6, 6.07) is 17.0. The molecule has 4 rings (SSSR count). The Bertz CT molecular complexity index is 1150. The molecule has 3 aromatic rings. The average molecular weight is 432 g/mol. The zero-order chi connectivity index (χ0) is 22.7. The van der Waals surface area contributed by atoms with Crippen LogP contribution in [0.5, 0.6) is 0 Å². The largest absolute Gasteiger partial charge is 0.368 e. The van der Waals surface area contributed by atoms with Gasteiger partial charge >= 0.3 is 6.03 Å². The molecule has 1 atom stereocenters. The fourth-order valence-electron chi connectivity index (χ4n) is 3.64. The van der Waals surface area contributed by atoms with Crippen LogP contribution < -0.4 is 16.4 Å². The lowest BCUT2D eigenvalue weighted by molar-refractivity contribution is -0.131. The molecular formula is C23H25N7O2. The maximum absolute atomic E-state index is 13.1. The van der Waals surface area contributed by atoms with Gasteiger partial charge in [-0.15, -0.1) is 0 Å². The van der Waals surface area contributed by atoms with Gasteiger partial charge in [-0.3, -0.25) is 9.69 Å². The number of nitrogens with two attached hydrogens (primary N) is 1. The first-order valence-corrected chi connectivity index (χ1v) is 10.4. The Kier molecular flexibility index (Phi) is 5.72. The minimum atomic E-state index is -0.992.